The SMILES string of the molecule is Cc1nc(C(C)NC2CC(C)(C)CC(C)(C)C2)c(C)s1. The van der Waals surface area contributed by atoms with Crippen LogP contribution >= 0.6 is 11.3 Å². The van der Waals surface area contributed by atoms with Crippen LogP contribution in [0.3, 0.4) is 0 Å². The molecule has 1 atom stereocenters. The third-order valence-electron chi connectivity index (χ3n) is 4.39. The molecule has 20 heavy (non-hydrogen) atoms. The van der Waals surface area contributed by atoms with E-state index in [2.05, 4.69) is 53.8 Å². The van der Waals surface area contributed by atoms with Gasteiger partial charge >= 0.3 is 0 Å². The number of aromatic nitrogens is 1. The number of rotatable bonds is 3. The fraction of sp³-hybridized carbons (Fsp3) is 0.824. The molecule has 1 aliphatic rings. The summed E-state index contributed by atoms with van der Waals surface area (Å²) in [6, 6.07) is 0.958. The molecule has 1 aliphatic carbocycles. The fourth-order valence-corrected chi connectivity index (χ4v) is 5.26. The van der Waals surface area contributed by atoms with Crippen LogP contribution in [0.25, 0.3) is 0 Å². The minimum atomic E-state index is 0.356. The molecule has 1 aromatic heterocycles. The summed E-state index contributed by atoms with van der Waals surface area (Å²) in [6.07, 6.45) is 3.85. The number of nitrogens with one attached hydrogen (secondary N) is 1. The lowest BCUT2D eigenvalue weighted by Gasteiger charge is -2.46. The van der Waals surface area contributed by atoms with E-state index in [0.29, 0.717) is 22.9 Å². The molecular weight excluding hydrogens is 264 g/mol. The van der Waals surface area contributed by atoms with Crippen LogP contribution in [-0.2, 0) is 0 Å². The topological polar surface area (TPSA) is 24.9 Å². The Balaban J connectivity index is 2.07. The summed E-state index contributed by atoms with van der Waals surface area (Å²) in [5.41, 5.74) is 2.12. The molecule has 1 fully saturated rings. The first-order valence-electron chi connectivity index (χ1n) is 7.78. The molecule has 0 aromatic carbocycles. The third-order valence-corrected chi connectivity index (χ3v) is 5.29. The van der Waals surface area contributed by atoms with E-state index in [-0.39, 0.29) is 0 Å². The summed E-state index contributed by atoms with van der Waals surface area (Å²) in [5.74, 6) is 0. The Labute approximate surface area is 128 Å². The maximum atomic E-state index is 4.70. The first-order chi connectivity index (χ1) is 9.08. The first kappa shape index (κ1) is 16.0. The summed E-state index contributed by atoms with van der Waals surface area (Å²) in [7, 11) is 0. The predicted octanol–water partition coefficient (Wildman–Crippen LogP) is 5.02. The van der Waals surface area contributed by atoms with E-state index in [4.69, 9.17) is 4.98 Å². The van der Waals surface area contributed by atoms with Gasteiger partial charge in [-0.15, -0.1) is 11.3 Å². The highest BCUT2D eigenvalue weighted by molar-refractivity contribution is 7.11. The summed E-state index contributed by atoms with van der Waals surface area (Å²) in [5, 5.41) is 5.02. The van der Waals surface area contributed by atoms with Crippen LogP contribution < -0.4 is 5.32 Å². The van der Waals surface area contributed by atoms with Gasteiger partial charge in [-0.3, -0.25) is 0 Å². The van der Waals surface area contributed by atoms with Gasteiger partial charge in [0.1, 0.15) is 0 Å². The van der Waals surface area contributed by atoms with Crippen LogP contribution in [0.5, 0.6) is 0 Å². The average Bonchev–Trinajstić information content (AvgIpc) is 2.52. The van der Waals surface area contributed by atoms with Gasteiger partial charge in [0.05, 0.1) is 10.7 Å². The van der Waals surface area contributed by atoms with Crippen LogP contribution in [0.2, 0.25) is 0 Å². The Kier molecular flexibility index (Phi) is 4.32. The average molecular weight is 295 g/mol. The largest absolute Gasteiger partial charge is 0.306 e. The maximum Gasteiger partial charge on any atom is 0.0900 e. The molecule has 0 saturated heterocycles. The van der Waals surface area contributed by atoms with E-state index in [9.17, 15) is 0 Å². The summed E-state index contributed by atoms with van der Waals surface area (Å²) < 4.78 is 0. The number of aryl methyl sites for hydroxylation is 2. The van der Waals surface area contributed by atoms with Crippen molar-refractivity contribution in [3.05, 3.63) is 15.6 Å². The van der Waals surface area contributed by atoms with E-state index in [0.717, 1.165) is 0 Å². The van der Waals surface area contributed by atoms with Crippen molar-refractivity contribution >= 4 is 11.3 Å². The maximum absolute atomic E-state index is 4.70. The molecule has 1 saturated carbocycles. The second-order valence-electron chi connectivity index (χ2n) is 8.17. The molecule has 0 bridgehead atoms. The van der Waals surface area contributed by atoms with Crippen molar-refractivity contribution in [2.75, 3.05) is 0 Å². The van der Waals surface area contributed by atoms with Crippen molar-refractivity contribution in [3.63, 3.8) is 0 Å². The van der Waals surface area contributed by atoms with Crippen LogP contribution in [0.15, 0.2) is 0 Å². The Hall–Kier alpha value is -0.410. The lowest BCUT2D eigenvalue weighted by atomic mass is 9.63. The van der Waals surface area contributed by atoms with E-state index in [1.807, 2.05) is 11.3 Å². The van der Waals surface area contributed by atoms with Crippen molar-refractivity contribution in [1.82, 2.24) is 10.3 Å². The van der Waals surface area contributed by atoms with Gasteiger partial charge in [-0.2, -0.15) is 0 Å². The molecule has 3 heteroatoms. The molecule has 0 amide bonds. The molecule has 114 valence electrons. The van der Waals surface area contributed by atoms with Gasteiger partial charge in [-0.1, -0.05) is 27.7 Å². The van der Waals surface area contributed by atoms with Gasteiger partial charge < -0.3 is 5.32 Å². The summed E-state index contributed by atoms with van der Waals surface area (Å²) >= 11 is 1.81. The molecule has 1 unspecified atom stereocenters. The van der Waals surface area contributed by atoms with Gasteiger partial charge in [0.2, 0.25) is 0 Å². The zero-order valence-electron chi connectivity index (χ0n) is 14.1. The smallest absolute Gasteiger partial charge is 0.0900 e. The molecule has 2 nitrogen and oxygen atoms in total. The van der Waals surface area contributed by atoms with Gasteiger partial charge in [-0.05, 0) is 50.9 Å². The predicted molar refractivity (Wildman–Crippen MR) is 88.3 cm³/mol. The van der Waals surface area contributed by atoms with Crippen molar-refractivity contribution in [2.45, 2.75) is 79.8 Å². The normalized spacial score (nSPS) is 23.8. The minimum absolute atomic E-state index is 0.356. The Morgan fingerprint density at radius 2 is 1.70 bits per heavy atom. The number of thiazole rings is 1. The Bertz CT molecular complexity index is 457. The van der Waals surface area contributed by atoms with Crippen LogP contribution in [0.1, 0.15) is 75.5 Å². The molecule has 0 spiro atoms. The van der Waals surface area contributed by atoms with E-state index in [1.54, 1.807) is 0 Å². The van der Waals surface area contributed by atoms with Gasteiger partial charge in [0.15, 0.2) is 0 Å². The molecule has 0 aliphatic heterocycles. The van der Waals surface area contributed by atoms with Crippen molar-refractivity contribution in [3.8, 4) is 0 Å². The second-order valence-corrected chi connectivity index (χ2v) is 9.58. The Morgan fingerprint density at radius 1 is 1.15 bits per heavy atom. The molecular formula is C17H30N2S. The summed E-state index contributed by atoms with van der Waals surface area (Å²) in [6.45, 7) is 16.2. The van der Waals surface area contributed by atoms with Crippen LogP contribution in [0.4, 0.5) is 0 Å². The lowest BCUT2D eigenvalue weighted by Crippen LogP contribution is -2.44. The minimum Gasteiger partial charge on any atom is -0.306 e. The van der Waals surface area contributed by atoms with E-state index < -0.39 is 0 Å². The molecule has 0 radical (unpaired) electrons. The quantitative estimate of drug-likeness (QED) is 0.847. The first-order valence-corrected chi connectivity index (χ1v) is 8.60. The van der Waals surface area contributed by atoms with Gasteiger partial charge in [-0.25, -0.2) is 4.98 Å². The van der Waals surface area contributed by atoms with Crippen LogP contribution in [0, 0.1) is 24.7 Å². The highest BCUT2D eigenvalue weighted by Crippen LogP contribution is 2.46. The van der Waals surface area contributed by atoms with Gasteiger partial charge in [0.25, 0.3) is 0 Å². The number of nitrogens with zero attached hydrogens (tertiary/aromatic N) is 1. The molecule has 2 rings (SSSR count). The second kappa shape index (κ2) is 5.42. The zero-order chi connectivity index (χ0) is 15.1. The fourth-order valence-electron chi connectivity index (χ4n) is 4.34. The van der Waals surface area contributed by atoms with Crippen LogP contribution in [-0.4, -0.2) is 11.0 Å². The van der Waals surface area contributed by atoms with Crippen molar-refractivity contribution in [1.29, 1.82) is 0 Å². The van der Waals surface area contributed by atoms with E-state index in [1.165, 1.54) is 34.8 Å². The summed E-state index contributed by atoms with van der Waals surface area (Å²) in [4.78, 5) is 6.06. The molecule has 1 N–H and O–H groups in total. The van der Waals surface area contributed by atoms with Crippen molar-refractivity contribution in [2.24, 2.45) is 10.8 Å². The monoisotopic (exact) mass is 294 g/mol. The third kappa shape index (κ3) is 3.82. The lowest BCUT2D eigenvalue weighted by molar-refractivity contribution is 0.0809. The number of hydrogen-bond donors (Lipinski definition) is 1. The zero-order valence-corrected chi connectivity index (χ0v) is 14.9. The molecule has 1 heterocycles. The van der Waals surface area contributed by atoms with Gasteiger partial charge in [0, 0.05) is 17.0 Å². The standard InChI is InChI=1S/C17H30N2S/c1-11(15-12(2)20-13(3)19-15)18-14-8-16(4,5)10-17(6,7)9-14/h11,14,18H,8-10H2,1-7H3. The highest BCUT2D eigenvalue weighted by Gasteiger charge is 2.38. The highest BCUT2D eigenvalue weighted by atomic mass is 32.1. The van der Waals surface area contributed by atoms with E-state index >= 15 is 0 Å². The Morgan fingerprint density at radius 3 is 2.15 bits per heavy atom. The number of hydrogen-bond acceptors (Lipinski definition) is 3. The molecule has 1 aromatic rings. The van der Waals surface area contributed by atoms with Crippen molar-refractivity contribution < 1.29 is 0 Å².